The van der Waals surface area contributed by atoms with E-state index in [1.807, 2.05) is 0 Å². The fourth-order valence-electron chi connectivity index (χ4n) is 1.52. The van der Waals surface area contributed by atoms with Crippen LogP contribution >= 0.6 is 11.8 Å². The van der Waals surface area contributed by atoms with Gasteiger partial charge < -0.3 is 5.32 Å². The number of anilines is 1. The van der Waals surface area contributed by atoms with E-state index in [2.05, 4.69) is 15.3 Å². The van der Waals surface area contributed by atoms with E-state index in [9.17, 15) is 17.6 Å². The summed E-state index contributed by atoms with van der Waals surface area (Å²) in [5, 5.41) is 2.73. The molecule has 0 amide bonds. The Morgan fingerprint density at radius 3 is 2.52 bits per heavy atom. The average Bonchev–Trinajstić information content (AvgIpc) is 2.41. The molecule has 3 nitrogen and oxygen atoms in total. The van der Waals surface area contributed by atoms with Crippen molar-refractivity contribution in [1.82, 2.24) is 9.97 Å². The summed E-state index contributed by atoms with van der Waals surface area (Å²) in [5.74, 6) is -1.71. The fraction of sp³-hybridized carbons (Fsp3) is 0.231. The van der Waals surface area contributed by atoms with Gasteiger partial charge in [-0.2, -0.15) is 13.2 Å². The molecular weight excluding hydrogens is 306 g/mol. The minimum absolute atomic E-state index is 0.0263. The molecule has 2 rings (SSSR count). The Bertz CT molecular complexity index is 631. The predicted molar refractivity (Wildman–Crippen MR) is 71.7 cm³/mol. The molecule has 1 aromatic heterocycles. The van der Waals surface area contributed by atoms with Crippen LogP contribution in [0.4, 0.5) is 23.4 Å². The molecular formula is C13H11F4N3S. The third-order valence-electron chi connectivity index (χ3n) is 2.37. The molecule has 0 saturated heterocycles. The van der Waals surface area contributed by atoms with Crippen molar-refractivity contribution in [2.45, 2.75) is 23.0 Å². The summed E-state index contributed by atoms with van der Waals surface area (Å²) >= 11 is 0.818. The van der Waals surface area contributed by atoms with Crippen LogP contribution in [0, 0.1) is 5.82 Å². The van der Waals surface area contributed by atoms with Gasteiger partial charge in [0, 0.05) is 17.5 Å². The molecule has 1 aromatic carbocycles. The van der Waals surface area contributed by atoms with Crippen LogP contribution in [-0.2, 0) is 6.18 Å². The minimum atomic E-state index is -4.66. The molecule has 0 aliphatic rings. The van der Waals surface area contributed by atoms with Crippen molar-refractivity contribution in [2.75, 3.05) is 11.9 Å². The molecule has 1 N–H and O–H groups in total. The Balaban J connectivity index is 2.38. The summed E-state index contributed by atoms with van der Waals surface area (Å²) < 4.78 is 51.9. The van der Waals surface area contributed by atoms with Gasteiger partial charge in [0.25, 0.3) is 0 Å². The van der Waals surface area contributed by atoms with E-state index in [1.165, 1.54) is 24.3 Å². The summed E-state index contributed by atoms with van der Waals surface area (Å²) in [4.78, 5) is 7.05. The zero-order chi connectivity index (χ0) is 15.5. The number of halogens is 4. The van der Waals surface area contributed by atoms with Gasteiger partial charge in [-0.05, 0) is 19.1 Å². The molecule has 0 aliphatic carbocycles. The summed E-state index contributed by atoms with van der Waals surface area (Å²) in [5.41, 5.74) is 0. The summed E-state index contributed by atoms with van der Waals surface area (Å²) in [7, 11) is 0. The van der Waals surface area contributed by atoms with Crippen molar-refractivity contribution in [3.05, 3.63) is 42.0 Å². The van der Waals surface area contributed by atoms with Crippen molar-refractivity contribution in [2.24, 2.45) is 0 Å². The molecule has 0 atom stereocenters. The molecule has 0 radical (unpaired) electrons. The van der Waals surface area contributed by atoms with E-state index in [-0.39, 0.29) is 15.7 Å². The van der Waals surface area contributed by atoms with E-state index in [1.54, 1.807) is 13.0 Å². The highest BCUT2D eigenvalue weighted by molar-refractivity contribution is 7.99. The van der Waals surface area contributed by atoms with Gasteiger partial charge in [-0.15, -0.1) is 0 Å². The zero-order valence-corrected chi connectivity index (χ0v) is 11.7. The lowest BCUT2D eigenvalue weighted by molar-refractivity contribution is -0.145. The molecule has 0 unspecified atom stereocenters. The van der Waals surface area contributed by atoms with Crippen molar-refractivity contribution < 1.29 is 17.6 Å². The average molecular weight is 317 g/mol. The highest BCUT2D eigenvalue weighted by atomic mass is 32.2. The first-order valence-electron chi connectivity index (χ1n) is 6.02. The van der Waals surface area contributed by atoms with Crippen molar-refractivity contribution in [1.29, 1.82) is 0 Å². The van der Waals surface area contributed by atoms with E-state index in [0.717, 1.165) is 11.8 Å². The quantitative estimate of drug-likeness (QED) is 0.677. The largest absolute Gasteiger partial charge is 0.451 e. The third kappa shape index (κ3) is 4.07. The van der Waals surface area contributed by atoms with Crippen LogP contribution in [0.1, 0.15) is 12.7 Å². The van der Waals surface area contributed by atoms with E-state index in [0.29, 0.717) is 6.54 Å². The second-order valence-electron chi connectivity index (χ2n) is 3.98. The van der Waals surface area contributed by atoms with Crippen LogP contribution < -0.4 is 5.32 Å². The summed E-state index contributed by atoms with van der Waals surface area (Å²) in [6, 6.07) is 7.17. The summed E-state index contributed by atoms with van der Waals surface area (Å²) in [6.07, 6.45) is -4.66. The van der Waals surface area contributed by atoms with Crippen LogP contribution in [0.25, 0.3) is 0 Å². The maximum Gasteiger partial charge on any atom is 0.451 e. The van der Waals surface area contributed by atoms with Crippen molar-refractivity contribution in [3.8, 4) is 0 Å². The molecule has 0 saturated carbocycles. The summed E-state index contributed by atoms with van der Waals surface area (Å²) in [6.45, 7) is 2.15. The van der Waals surface area contributed by atoms with E-state index in [4.69, 9.17) is 0 Å². The molecule has 0 aliphatic heterocycles. The van der Waals surface area contributed by atoms with Crippen molar-refractivity contribution in [3.63, 3.8) is 0 Å². The number of benzene rings is 1. The van der Waals surface area contributed by atoms with Crippen LogP contribution in [-0.4, -0.2) is 16.5 Å². The topological polar surface area (TPSA) is 37.8 Å². The van der Waals surface area contributed by atoms with Crippen LogP contribution in [0.3, 0.4) is 0 Å². The first kappa shape index (κ1) is 15.6. The lowest BCUT2D eigenvalue weighted by atomic mass is 10.3. The fourth-order valence-corrected chi connectivity index (χ4v) is 2.36. The van der Waals surface area contributed by atoms with Gasteiger partial charge in [-0.3, -0.25) is 0 Å². The number of hydrogen-bond acceptors (Lipinski definition) is 4. The van der Waals surface area contributed by atoms with Crippen LogP contribution in [0.5, 0.6) is 0 Å². The second kappa shape index (κ2) is 6.30. The van der Waals surface area contributed by atoms with Gasteiger partial charge in [0.2, 0.25) is 5.82 Å². The van der Waals surface area contributed by atoms with E-state index < -0.39 is 17.8 Å². The second-order valence-corrected chi connectivity index (χ2v) is 5.04. The lowest BCUT2D eigenvalue weighted by Gasteiger charge is -2.10. The van der Waals surface area contributed by atoms with Gasteiger partial charge in [-0.1, -0.05) is 23.9 Å². The Labute approximate surface area is 122 Å². The predicted octanol–water partition coefficient (Wildman–Crippen LogP) is 4.22. The Morgan fingerprint density at radius 1 is 1.19 bits per heavy atom. The number of nitrogens with zero attached hydrogens (tertiary/aromatic N) is 2. The zero-order valence-electron chi connectivity index (χ0n) is 10.9. The molecule has 1 heterocycles. The van der Waals surface area contributed by atoms with Gasteiger partial charge in [0.05, 0.1) is 0 Å². The smallest absolute Gasteiger partial charge is 0.370 e. The maximum atomic E-state index is 13.6. The van der Waals surface area contributed by atoms with Crippen LogP contribution in [0.2, 0.25) is 0 Å². The number of aromatic nitrogens is 2. The Kier molecular flexibility index (Phi) is 4.66. The van der Waals surface area contributed by atoms with Gasteiger partial charge in [0.1, 0.15) is 16.7 Å². The number of hydrogen-bond donors (Lipinski definition) is 1. The van der Waals surface area contributed by atoms with Gasteiger partial charge in [0.15, 0.2) is 0 Å². The number of nitrogens with one attached hydrogen (secondary N) is 1. The first-order chi connectivity index (χ1) is 9.90. The highest BCUT2D eigenvalue weighted by Crippen LogP contribution is 2.33. The Morgan fingerprint density at radius 2 is 1.90 bits per heavy atom. The molecule has 0 fully saturated rings. The third-order valence-corrected chi connectivity index (χ3v) is 3.33. The molecule has 21 heavy (non-hydrogen) atoms. The van der Waals surface area contributed by atoms with Crippen LogP contribution in [0.15, 0.2) is 40.3 Å². The lowest BCUT2D eigenvalue weighted by Crippen LogP contribution is -2.13. The first-order valence-corrected chi connectivity index (χ1v) is 6.84. The minimum Gasteiger partial charge on any atom is -0.370 e. The monoisotopic (exact) mass is 317 g/mol. The molecule has 0 bridgehead atoms. The number of alkyl halides is 3. The molecule has 112 valence electrons. The SMILES string of the molecule is CCNc1cc(Sc2ccccc2F)nc(C(F)(F)F)n1. The molecule has 8 heteroatoms. The van der Waals surface area contributed by atoms with Crippen molar-refractivity contribution >= 4 is 17.6 Å². The number of rotatable bonds is 4. The van der Waals surface area contributed by atoms with E-state index >= 15 is 0 Å². The Hall–Kier alpha value is -1.83. The highest BCUT2D eigenvalue weighted by Gasteiger charge is 2.35. The molecule has 0 spiro atoms. The normalized spacial score (nSPS) is 11.5. The maximum absolute atomic E-state index is 13.6. The molecule has 2 aromatic rings. The standard InChI is InChI=1S/C13H11F4N3S/c1-2-18-10-7-11(20-12(19-10)13(15,16)17)21-9-6-4-3-5-8(9)14/h3-7H,2H2,1H3,(H,18,19,20). The van der Waals surface area contributed by atoms with Gasteiger partial charge in [-0.25, -0.2) is 14.4 Å². The van der Waals surface area contributed by atoms with Gasteiger partial charge >= 0.3 is 6.18 Å².